The van der Waals surface area contributed by atoms with Crippen molar-refractivity contribution in [1.29, 1.82) is 0 Å². The summed E-state index contributed by atoms with van der Waals surface area (Å²) in [6.45, 7) is 0.666. The molecule has 1 fully saturated rings. The first kappa shape index (κ1) is 18.3. The van der Waals surface area contributed by atoms with Crippen LogP contribution in [0, 0.1) is 11.8 Å². The van der Waals surface area contributed by atoms with Crippen LogP contribution in [0.3, 0.4) is 0 Å². The van der Waals surface area contributed by atoms with E-state index in [1.54, 1.807) is 7.12 Å². The topological polar surface area (TPSA) is 127 Å². The first-order valence-corrected chi connectivity index (χ1v) is 8.12. The van der Waals surface area contributed by atoms with Crippen molar-refractivity contribution in [2.75, 3.05) is 6.61 Å². The molecule has 9 heteroatoms. The second-order valence-corrected chi connectivity index (χ2v) is 6.37. The highest BCUT2D eigenvalue weighted by molar-refractivity contribution is 8.20. The lowest BCUT2D eigenvalue weighted by atomic mass is 9.89. The van der Waals surface area contributed by atoms with Crippen LogP contribution < -0.4 is 5.32 Å². The van der Waals surface area contributed by atoms with Gasteiger partial charge >= 0.3 is 5.97 Å². The summed E-state index contributed by atoms with van der Waals surface area (Å²) < 4.78 is 0. The molecule has 21 heavy (non-hydrogen) atoms. The maximum Gasteiger partial charge on any atom is 0.307 e. The van der Waals surface area contributed by atoms with Crippen LogP contribution in [0.4, 0.5) is 0 Å². The average Bonchev–Trinajstić information content (AvgIpc) is 2.86. The maximum absolute atomic E-state index is 11.3. The van der Waals surface area contributed by atoms with Crippen molar-refractivity contribution in [3.05, 3.63) is 0 Å². The third-order valence-electron chi connectivity index (χ3n) is 4.00. The highest BCUT2D eigenvalue weighted by atomic mass is 32.2. The van der Waals surface area contributed by atoms with Crippen LogP contribution in [-0.2, 0) is 9.59 Å². The number of hydrogen-bond acceptors (Lipinski definition) is 6. The number of carbonyl (C=O) groups excluding carboxylic acids is 1. The Kier molecular flexibility index (Phi) is 6.99. The van der Waals surface area contributed by atoms with Crippen molar-refractivity contribution < 1.29 is 30.0 Å². The smallest absolute Gasteiger partial charge is 0.307 e. The molecule has 1 amide bonds. The second kappa shape index (κ2) is 8.02. The predicted molar refractivity (Wildman–Crippen MR) is 80.5 cm³/mol. The molecule has 0 aromatic rings. The maximum atomic E-state index is 11.3. The number of amides is 1. The third kappa shape index (κ3) is 4.35. The monoisotopic (exact) mass is 319 g/mol. The molecule has 0 heterocycles. The fraction of sp³-hybridized carbons (Fsp3) is 0.833. The lowest BCUT2D eigenvalue weighted by Crippen LogP contribution is -2.54. The zero-order chi connectivity index (χ0) is 16.2. The largest absolute Gasteiger partial charge is 0.481 e. The standard InChI is InChI=1S/C12H22BNO6S/c1-5(16)14-9(10(18)8(17)4-15)6-2-3-7(12(19)20)11(6)21-13/h6-11,15,17-18H,2-4,13H2,1H3,(H,14,16)(H,19,20)/t6-,7+,8+,9+,10+,11+/m1/s1. The first-order chi connectivity index (χ1) is 9.83. The quantitative estimate of drug-likeness (QED) is 0.342. The molecule has 1 rings (SSSR count). The molecule has 0 saturated heterocycles. The highest BCUT2D eigenvalue weighted by Crippen LogP contribution is 2.41. The minimum absolute atomic E-state index is 0.264. The minimum atomic E-state index is -1.38. The number of carboxylic acid groups (broad SMARTS) is 1. The van der Waals surface area contributed by atoms with Crippen molar-refractivity contribution >= 4 is 30.6 Å². The third-order valence-corrected chi connectivity index (χ3v) is 5.22. The van der Waals surface area contributed by atoms with Gasteiger partial charge < -0.3 is 25.7 Å². The van der Waals surface area contributed by atoms with Gasteiger partial charge in [-0.3, -0.25) is 9.59 Å². The molecule has 1 saturated carbocycles. The number of aliphatic hydroxyl groups excluding tert-OH is 3. The molecule has 1 aliphatic carbocycles. The summed E-state index contributed by atoms with van der Waals surface area (Å²) in [7, 11) is 1.79. The Morgan fingerprint density at radius 2 is 2.00 bits per heavy atom. The molecule has 0 aromatic carbocycles. The van der Waals surface area contributed by atoms with Gasteiger partial charge in [0.05, 0.1) is 18.6 Å². The summed E-state index contributed by atoms with van der Waals surface area (Å²) >= 11 is 1.38. The van der Waals surface area contributed by atoms with E-state index in [0.717, 1.165) is 0 Å². The summed E-state index contributed by atoms with van der Waals surface area (Å²) in [6, 6.07) is -0.786. The van der Waals surface area contributed by atoms with Gasteiger partial charge in [-0.05, 0) is 18.8 Å². The minimum Gasteiger partial charge on any atom is -0.481 e. The number of carbonyl (C=O) groups is 2. The Morgan fingerprint density at radius 3 is 2.43 bits per heavy atom. The summed E-state index contributed by atoms with van der Waals surface area (Å²) in [5.74, 6) is -2.08. The molecule has 0 aliphatic heterocycles. The Labute approximate surface area is 128 Å². The average molecular weight is 319 g/mol. The van der Waals surface area contributed by atoms with E-state index in [2.05, 4.69) is 5.32 Å². The van der Waals surface area contributed by atoms with Gasteiger partial charge in [-0.15, -0.1) is 0 Å². The number of aliphatic carboxylic acids is 1. The number of aliphatic hydroxyl groups is 3. The zero-order valence-electron chi connectivity index (χ0n) is 12.1. The van der Waals surface area contributed by atoms with Gasteiger partial charge in [0, 0.05) is 12.2 Å². The fourth-order valence-electron chi connectivity index (χ4n) is 3.01. The lowest BCUT2D eigenvalue weighted by molar-refractivity contribution is -0.141. The SMILES string of the molecule is BS[C@H]1[C@@H]([C@H](NC(C)=O)[C@@H](O)[C@@H](O)CO)CC[C@@H]1C(=O)O. The van der Waals surface area contributed by atoms with Crippen LogP contribution in [0.2, 0.25) is 0 Å². The van der Waals surface area contributed by atoms with Gasteiger partial charge in [-0.2, -0.15) is 0 Å². The molecule has 0 radical (unpaired) electrons. The van der Waals surface area contributed by atoms with E-state index in [1.165, 1.54) is 18.5 Å². The summed E-state index contributed by atoms with van der Waals surface area (Å²) in [4.78, 5) is 22.6. The van der Waals surface area contributed by atoms with Crippen molar-refractivity contribution in [3.8, 4) is 0 Å². The van der Waals surface area contributed by atoms with Crippen LogP contribution in [0.5, 0.6) is 0 Å². The highest BCUT2D eigenvalue weighted by Gasteiger charge is 2.46. The number of rotatable bonds is 7. The van der Waals surface area contributed by atoms with Gasteiger partial charge in [0.15, 0.2) is 7.12 Å². The molecule has 5 N–H and O–H groups in total. The summed E-state index contributed by atoms with van der Waals surface area (Å²) in [5.41, 5.74) is 0. The van der Waals surface area contributed by atoms with Crippen LogP contribution in [0.15, 0.2) is 0 Å². The first-order valence-electron chi connectivity index (χ1n) is 6.83. The van der Waals surface area contributed by atoms with Gasteiger partial charge in [-0.1, -0.05) is 0 Å². The van der Waals surface area contributed by atoms with Crippen molar-refractivity contribution in [1.82, 2.24) is 5.32 Å². The fourth-order valence-corrected chi connectivity index (χ4v) is 4.25. The van der Waals surface area contributed by atoms with E-state index < -0.39 is 36.7 Å². The molecule has 0 spiro atoms. The van der Waals surface area contributed by atoms with E-state index >= 15 is 0 Å². The Morgan fingerprint density at radius 1 is 1.38 bits per heavy atom. The second-order valence-electron chi connectivity index (χ2n) is 5.35. The molecule has 7 nitrogen and oxygen atoms in total. The summed E-state index contributed by atoms with van der Waals surface area (Å²) in [5, 5.41) is 40.3. The van der Waals surface area contributed by atoms with E-state index in [1.807, 2.05) is 0 Å². The Hall–Kier alpha value is -0.765. The molecule has 1 aliphatic rings. The molecule has 0 unspecified atom stereocenters. The Balaban J connectivity index is 2.97. The van der Waals surface area contributed by atoms with Gasteiger partial charge in [0.2, 0.25) is 5.91 Å². The summed E-state index contributed by atoms with van der Waals surface area (Å²) in [6.07, 6.45) is -1.73. The van der Waals surface area contributed by atoms with E-state index in [9.17, 15) is 24.9 Å². The molecular formula is C12H22BNO6S. The van der Waals surface area contributed by atoms with Gasteiger partial charge in [-0.25, -0.2) is 11.6 Å². The van der Waals surface area contributed by atoms with Crippen LogP contribution >= 0.6 is 11.6 Å². The van der Waals surface area contributed by atoms with Crippen molar-refractivity contribution in [3.63, 3.8) is 0 Å². The van der Waals surface area contributed by atoms with E-state index in [4.69, 9.17) is 5.11 Å². The number of nitrogens with one attached hydrogen (secondary N) is 1. The Bertz CT molecular complexity index is 385. The van der Waals surface area contributed by atoms with Crippen molar-refractivity contribution in [2.45, 2.75) is 43.3 Å². The number of carboxylic acids is 1. The van der Waals surface area contributed by atoms with Crippen molar-refractivity contribution in [2.24, 2.45) is 11.8 Å². The zero-order valence-corrected chi connectivity index (χ0v) is 12.9. The van der Waals surface area contributed by atoms with Crippen LogP contribution in [0.1, 0.15) is 19.8 Å². The van der Waals surface area contributed by atoms with Crippen LogP contribution in [0.25, 0.3) is 0 Å². The normalized spacial score (nSPS) is 29.6. The molecule has 120 valence electrons. The van der Waals surface area contributed by atoms with E-state index in [-0.39, 0.29) is 17.1 Å². The van der Waals surface area contributed by atoms with E-state index in [0.29, 0.717) is 12.8 Å². The van der Waals surface area contributed by atoms with Crippen LogP contribution in [-0.4, -0.2) is 69.5 Å². The van der Waals surface area contributed by atoms with Gasteiger partial charge in [0.1, 0.15) is 12.2 Å². The number of hydrogen-bond donors (Lipinski definition) is 5. The lowest BCUT2D eigenvalue weighted by Gasteiger charge is -2.34. The molecule has 6 atom stereocenters. The molecular weight excluding hydrogens is 297 g/mol. The molecule has 0 bridgehead atoms. The predicted octanol–water partition coefficient (Wildman–Crippen LogP) is -2.03. The molecule has 0 aromatic heterocycles. The van der Waals surface area contributed by atoms with Gasteiger partial charge in [0.25, 0.3) is 0 Å².